The number of nitrogens with zero attached hydrogens (tertiary/aromatic N) is 5. The predicted molar refractivity (Wildman–Crippen MR) is 151 cm³/mol. The molecule has 0 N–H and O–H groups in total. The van der Waals surface area contributed by atoms with Gasteiger partial charge in [0.05, 0.1) is 31.0 Å². The fraction of sp³-hybridized carbons (Fsp3) is 0.355. The number of benzene rings is 2. The van der Waals surface area contributed by atoms with Crippen molar-refractivity contribution in [3.63, 3.8) is 0 Å². The highest BCUT2D eigenvalue weighted by Gasteiger charge is 2.34. The van der Waals surface area contributed by atoms with Gasteiger partial charge in [-0.1, -0.05) is 0 Å². The van der Waals surface area contributed by atoms with Gasteiger partial charge in [0, 0.05) is 49.4 Å². The number of pyridine rings is 1. The molecule has 0 atom stereocenters. The van der Waals surface area contributed by atoms with Gasteiger partial charge in [-0.05, 0) is 68.3 Å². The average Bonchev–Trinajstić information content (AvgIpc) is 3.43. The smallest absolute Gasteiger partial charge is 0.410 e. The Morgan fingerprint density at radius 2 is 1.83 bits per heavy atom. The number of likely N-dealkylation sites (tertiary alicyclic amines) is 1. The number of hydrogen-bond acceptors (Lipinski definition) is 6. The molecule has 1 fully saturated rings. The van der Waals surface area contributed by atoms with Crippen molar-refractivity contribution in [3.05, 3.63) is 77.2 Å². The maximum atomic E-state index is 15.3. The van der Waals surface area contributed by atoms with Crippen molar-refractivity contribution in [2.75, 3.05) is 19.7 Å². The van der Waals surface area contributed by atoms with Crippen LogP contribution in [0.1, 0.15) is 42.4 Å². The Kier molecular flexibility index (Phi) is 6.83. The molecule has 2 aliphatic heterocycles. The minimum absolute atomic E-state index is 0.151. The van der Waals surface area contributed by atoms with Crippen molar-refractivity contribution in [1.82, 2.24) is 24.6 Å². The molecule has 2 aromatic carbocycles. The van der Waals surface area contributed by atoms with Gasteiger partial charge in [-0.15, -0.1) is 0 Å². The van der Waals surface area contributed by atoms with Crippen LogP contribution >= 0.6 is 0 Å². The number of carbonyl (C=O) groups excluding carboxylic acids is 2. The summed E-state index contributed by atoms with van der Waals surface area (Å²) in [6, 6.07) is 9.40. The predicted octanol–water partition coefficient (Wildman–Crippen LogP) is 5.32. The molecule has 9 nitrogen and oxygen atoms in total. The number of aromatic nitrogens is 3. The van der Waals surface area contributed by atoms with Crippen molar-refractivity contribution >= 4 is 22.9 Å². The maximum Gasteiger partial charge on any atom is 0.410 e. The number of halogens is 2. The van der Waals surface area contributed by atoms with E-state index in [1.807, 2.05) is 20.8 Å². The molecule has 0 aliphatic carbocycles. The second kappa shape index (κ2) is 10.4. The molecule has 2 aliphatic rings. The van der Waals surface area contributed by atoms with E-state index in [0.29, 0.717) is 58.7 Å². The normalized spacial score (nSPS) is 15.2. The van der Waals surface area contributed by atoms with Crippen molar-refractivity contribution in [2.45, 2.75) is 39.5 Å². The van der Waals surface area contributed by atoms with Gasteiger partial charge in [-0.25, -0.2) is 13.6 Å². The lowest BCUT2D eigenvalue weighted by molar-refractivity contribution is -0.00775. The third-order valence-electron chi connectivity index (χ3n) is 7.39. The average molecular weight is 576 g/mol. The number of fused-ring (bicyclic) bond motifs is 2. The van der Waals surface area contributed by atoms with Crippen LogP contribution in [-0.2, 0) is 24.9 Å². The number of hydrogen-bond donors (Lipinski definition) is 0. The van der Waals surface area contributed by atoms with E-state index in [4.69, 9.17) is 9.47 Å². The van der Waals surface area contributed by atoms with E-state index in [2.05, 4.69) is 10.1 Å². The summed E-state index contributed by atoms with van der Waals surface area (Å²) in [6.45, 7) is 6.96. The third kappa shape index (κ3) is 5.26. The molecular formula is C31H31F2N5O4. The van der Waals surface area contributed by atoms with Gasteiger partial charge in [-0.3, -0.25) is 14.5 Å². The molecule has 42 heavy (non-hydrogen) atoms. The lowest BCUT2D eigenvalue weighted by atomic mass is 9.99. The van der Waals surface area contributed by atoms with E-state index in [1.54, 1.807) is 53.3 Å². The molecule has 11 heteroatoms. The lowest BCUT2D eigenvalue weighted by Gasteiger charge is -2.39. The number of carbonyl (C=O) groups is 2. The second-order valence-corrected chi connectivity index (χ2v) is 11.8. The molecule has 0 spiro atoms. The van der Waals surface area contributed by atoms with Crippen LogP contribution in [0, 0.1) is 17.6 Å². The summed E-state index contributed by atoms with van der Waals surface area (Å²) in [7, 11) is 1.77. The Morgan fingerprint density at radius 3 is 2.52 bits per heavy atom. The van der Waals surface area contributed by atoms with Crippen LogP contribution in [0.5, 0.6) is 5.75 Å². The van der Waals surface area contributed by atoms with Crippen molar-refractivity contribution in [2.24, 2.45) is 13.0 Å². The van der Waals surface area contributed by atoms with Gasteiger partial charge in [0.15, 0.2) is 0 Å². The van der Waals surface area contributed by atoms with E-state index < -0.39 is 17.2 Å². The van der Waals surface area contributed by atoms with E-state index in [-0.39, 0.29) is 36.6 Å². The van der Waals surface area contributed by atoms with Crippen LogP contribution in [-0.4, -0.2) is 61.9 Å². The fourth-order valence-corrected chi connectivity index (χ4v) is 5.33. The highest BCUT2D eigenvalue weighted by molar-refractivity contribution is 5.98. The summed E-state index contributed by atoms with van der Waals surface area (Å²) in [4.78, 5) is 32.1. The van der Waals surface area contributed by atoms with Crippen molar-refractivity contribution < 1.29 is 27.8 Å². The SMILES string of the molecule is Cn1cc2c(-c3cc(F)c(CN4Cc5ncccc5C4=O)c(F)c3)ccc(OCC3CN(C(=O)OC(C)(C)C)C3)c2n1. The molecule has 6 rings (SSSR count). The van der Waals surface area contributed by atoms with E-state index in [0.717, 1.165) is 0 Å². The summed E-state index contributed by atoms with van der Waals surface area (Å²) in [6.07, 6.45) is 3.03. The van der Waals surface area contributed by atoms with Crippen LogP contribution < -0.4 is 4.74 Å². The zero-order valence-electron chi connectivity index (χ0n) is 23.9. The van der Waals surface area contributed by atoms with Crippen LogP contribution in [0.25, 0.3) is 22.0 Å². The molecular weight excluding hydrogens is 544 g/mol. The Morgan fingerprint density at radius 1 is 1.10 bits per heavy atom. The van der Waals surface area contributed by atoms with Gasteiger partial charge in [0.2, 0.25) is 0 Å². The number of rotatable bonds is 6. The maximum absolute atomic E-state index is 15.3. The molecule has 4 aromatic rings. The van der Waals surface area contributed by atoms with Gasteiger partial charge >= 0.3 is 6.09 Å². The Balaban J connectivity index is 1.17. The highest BCUT2D eigenvalue weighted by atomic mass is 19.1. The monoisotopic (exact) mass is 575 g/mol. The number of aryl methyl sites for hydroxylation is 1. The molecule has 4 heterocycles. The molecule has 0 saturated carbocycles. The number of ether oxygens (including phenoxy) is 2. The zero-order chi connectivity index (χ0) is 29.8. The minimum Gasteiger partial charge on any atom is -0.491 e. The van der Waals surface area contributed by atoms with Crippen LogP contribution in [0.2, 0.25) is 0 Å². The summed E-state index contributed by atoms with van der Waals surface area (Å²) in [5.41, 5.74) is 1.84. The first-order valence-electron chi connectivity index (χ1n) is 13.8. The van der Waals surface area contributed by atoms with Crippen molar-refractivity contribution in [3.8, 4) is 16.9 Å². The summed E-state index contributed by atoms with van der Waals surface area (Å²) < 4.78 is 43.8. The third-order valence-corrected chi connectivity index (χ3v) is 7.39. The molecule has 0 radical (unpaired) electrons. The van der Waals surface area contributed by atoms with Crippen molar-refractivity contribution in [1.29, 1.82) is 0 Å². The minimum atomic E-state index is -0.737. The summed E-state index contributed by atoms with van der Waals surface area (Å²) in [5.74, 6) is -1.08. The molecule has 0 unspecified atom stereocenters. The summed E-state index contributed by atoms with van der Waals surface area (Å²) >= 11 is 0. The first kappa shape index (κ1) is 27.6. The van der Waals surface area contributed by atoms with Gasteiger partial charge in [-0.2, -0.15) is 5.10 Å². The van der Waals surface area contributed by atoms with Gasteiger partial charge in [0.25, 0.3) is 5.91 Å². The van der Waals surface area contributed by atoms with E-state index >= 15 is 8.78 Å². The quantitative estimate of drug-likeness (QED) is 0.309. The standard InChI is InChI=1S/C31H31F2N5O4/c1-31(2,3)42-30(40)38-12-18(13-38)17-41-27-8-7-20(22-14-36(4)35-28(22)27)19-10-24(32)23(25(33)11-19)15-37-16-26-21(29(37)39)6-5-9-34-26/h5-11,14,18H,12-13,15-17H2,1-4H3. The topological polar surface area (TPSA) is 89.8 Å². The Hall–Kier alpha value is -4.54. The lowest BCUT2D eigenvalue weighted by Crippen LogP contribution is -2.53. The van der Waals surface area contributed by atoms with Crippen LogP contribution in [0.4, 0.5) is 13.6 Å². The van der Waals surface area contributed by atoms with Crippen LogP contribution in [0.3, 0.4) is 0 Å². The molecule has 1 saturated heterocycles. The molecule has 2 amide bonds. The molecule has 0 bridgehead atoms. The fourth-order valence-electron chi connectivity index (χ4n) is 5.33. The van der Waals surface area contributed by atoms with E-state index in [9.17, 15) is 9.59 Å². The van der Waals surface area contributed by atoms with Crippen LogP contribution in [0.15, 0.2) is 48.8 Å². The number of amides is 2. The first-order valence-corrected chi connectivity index (χ1v) is 13.8. The second-order valence-electron chi connectivity index (χ2n) is 11.8. The zero-order valence-corrected chi connectivity index (χ0v) is 23.9. The van der Waals surface area contributed by atoms with E-state index in [1.165, 1.54) is 17.0 Å². The largest absolute Gasteiger partial charge is 0.491 e. The summed E-state index contributed by atoms with van der Waals surface area (Å²) in [5, 5.41) is 5.22. The Bertz CT molecular complexity index is 1680. The highest BCUT2D eigenvalue weighted by Crippen LogP contribution is 2.36. The Labute approximate surface area is 241 Å². The molecule has 218 valence electrons. The molecule has 2 aromatic heterocycles. The van der Waals surface area contributed by atoms with Gasteiger partial charge < -0.3 is 19.3 Å². The first-order chi connectivity index (χ1) is 20.0. The van der Waals surface area contributed by atoms with Gasteiger partial charge in [0.1, 0.15) is 28.5 Å².